The second-order valence-electron chi connectivity index (χ2n) is 5.21. The minimum absolute atomic E-state index is 0. The van der Waals surface area contributed by atoms with E-state index in [9.17, 15) is 9.59 Å². The Morgan fingerprint density at radius 1 is 1.18 bits per heavy atom. The second kappa shape index (κ2) is 10.4. The van der Waals surface area contributed by atoms with E-state index in [1.807, 2.05) is 38.1 Å². The van der Waals surface area contributed by atoms with Crippen LogP contribution in [0, 0.1) is 5.92 Å². The van der Waals surface area contributed by atoms with Gasteiger partial charge in [-0.25, -0.2) is 0 Å². The van der Waals surface area contributed by atoms with Gasteiger partial charge in [0, 0.05) is 11.6 Å². The molecule has 2 amide bonds. The maximum atomic E-state index is 11.6. The van der Waals surface area contributed by atoms with Crippen molar-refractivity contribution < 1.29 is 9.59 Å². The van der Waals surface area contributed by atoms with Crippen molar-refractivity contribution >= 4 is 35.8 Å². The Morgan fingerprint density at radius 2 is 1.77 bits per heavy atom. The van der Waals surface area contributed by atoms with Gasteiger partial charge >= 0.3 is 0 Å². The molecular weight excluding hydrogens is 325 g/mol. The number of nitrogens with two attached hydrogens (primary N) is 1. The van der Waals surface area contributed by atoms with E-state index in [2.05, 4.69) is 10.6 Å². The van der Waals surface area contributed by atoms with Crippen molar-refractivity contribution in [1.82, 2.24) is 10.6 Å². The Balaban J connectivity index is 0.00000441. The molecule has 5 nitrogen and oxygen atoms in total. The van der Waals surface area contributed by atoms with Crippen LogP contribution in [0.25, 0.3) is 0 Å². The second-order valence-corrected chi connectivity index (χ2v) is 5.65. The topological polar surface area (TPSA) is 84.2 Å². The molecule has 4 N–H and O–H groups in total. The van der Waals surface area contributed by atoms with Crippen molar-refractivity contribution in [2.24, 2.45) is 11.7 Å². The van der Waals surface area contributed by atoms with Crippen molar-refractivity contribution in [3.05, 3.63) is 34.9 Å². The summed E-state index contributed by atoms with van der Waals surface area (Å²) in [5.74, 6) is -0.496. The monoisotopic (exact) mass is 347 g/mol. The number of nitrogens with one attached hydrogen (secondary N) is 2. The predicted octanol–water partition coefficient (Wildman–Crippen LogP) is 1.52. The normalized spacial score (nSPS) is 11.5. The van der Waals surface area contributed by atoms with Gasteiger partial charge in [-0.15, -0.1) is 12.4 Å². The van der Waals surface area contributed by atoms with Crippen molar-refractivity contribution in [2.75, 3.05) is 13.1 Å². The van der Waals surface area contributed by atoms with E-state index >= 15 is 0 Å². The standard InChI is InChI=1S/C15H22ClN3O2.ClH/c1-10(2)14(17)15(21)19-9-13(20)18-8-7-11-3-5-12(16)6-4-11;/h3-6,10,14H,7-9,17H2,1-2H3,(H,18,20)(H,19,21);1H/t14-;/m0./s1. The fourth-order valence-corrected chi connectivity index (χ4v) is 1.77. The van der Waals surface area contributed by atoms with Gasteiger partial charge in [-0.2, -0.15) is 0 Å². The lowest BCUT2D eigenvalue weighted by Crippen LogP contribution is -2.47. The van der Waals surface area contributed by atoms with Gasteiger partial charge in [0.25, 0.3) is 0 Å². The number of carbonyl (C=O) groups is 2. The quantitative estimate of drug-likeness (QED) is 0.699. The SMILES string of the molecule is CC(C)[C@H](N)C(=O)NCC(=O)NCCc1ccc(Cl)cc1.Cl. The Labute approximate surface area is 142 Å². The molecule has 1 atom stereocenters. The van der Waals surface area contributed by atoms with Crippen LogP contribution in [0.2, 0.25) is 5.02 Å². The highest BCUT2D eigenvalue weighted by Crippen LogP contribution is 2.09. The van der Waals surface area contributed by atoms with E-state index in [0.29, 0.717) is 18.0 Å². The Kier molecular flexibility index (Phi) is 9.81. The third kappa shape index (κ3) is 7.64. The average Bonchev–Trinajstić information content (AvgIpc) is 2.46. The molecule has 0 aliphatic rings. The van der Waals surface area contributed by atoms with Crippen LogP contribution >= 0.6 is 24.0 Å². The summed E-state index contributed by atoms with van der Waals surface area (Å²) in [5.41, 5.74) is 6.77. The smallest absolute Gasteiger partial charge is 0.239 e. The fourth-order valence-electron chi connectivity index (χ4n) is 1.65. The highest BCUT2D eigenvalue weighted by atomic mass is 35.5. The highest BCUT2D eigenvalue weighted by Gasteiger charge is 2.17. The van der Waals surface area contributed by atoms with E-state index in [0.717, 1.165) is 5.56 Å². The summed E-state index contributed by atoms with van der Waals surface area (Å²) in [4.78, 5) is 23.2. The van der Waals surface area contributed by atoms with Crippen molar-refractivity contribution in [3.63, 3.8) is 0 Å². The molecule has 0 aliphatic heterocycles. The van der Waals surface area contributed by atoms with E-state index in [1.54, 1.807) is 0 Å². The van der Waals surface area contributed by atoms with Crippen LogP contribution in [0.4, 0.5) is 0 Å². The third-order valence-electron chi connectivity index (χ3n) is 3.09. The molecule has 1 aromatic rings. The van der Waals surface area contributed by atoms with E-state index in [4.69, 9.17) is 17.3 Å². The number of amides is 2. The molecule has 22 heavy (non-hydrogen) atoms. The average molecular weight is 348 g/mol. The highest BCUT2D eigenvalue weighted by molar-refractivity contribution is 6.30. The van der Waals surface area contributed by atoms with Gasteiger partial charge in [0.15, 0.2) is 0 Å². The van der Waals surface area contributed by atoms with Crippen LogP contribution in [0.5, 0.6) is 0 Å². The van der Waals surface area contributed by atoms with Gasteiger partial charge in [-0.3, -0.25) is 9.59 Å². The van der Waals surface area contributed by atoms with Gasteiger partial charge in [0.2, 0.25) is 11.8 Å². The largest absolute Gasteiger partial charge is 0.354 e. The fraction of sp³-hybridized carbons (Fsp3) is 0.467. The molecule has 0 aromatic heterocycles. The van der Waals surface area contributed by atoms with Gasteiger partial charge < -0.3 is 16.4 Å². The summed E-state index contributed by atoms with van der Waals surface area (Å²) in [5, 5.41) is 5.96. The summed E-state index contributed by atoms with van der Waals surface area (Å²) in [6, 6.07) is 6.86. The van der Waals surface area contributed by atoms with Crippen LogP contribution < -0.4 is 16.4 Å². The Bertz CT molecular complexity index is 478. The first kappa shape index (κ1) is 20.7. The molecule has 1 aromatic carbocycles. The maximum absolute atomic E-state index is 11.6. The molecule has 0 unspecified atom stereocenters. The lowest BCUT2D eigenvalue weighted by atomic mass is 10.1. The molecule has 1 rings (SSSR count). The van der Waals surface area contributed by atoms with Crippen LogP contribution in [0.1, 0.15) is 19.4 Å². The molecule has 0 radical (unpaired) electrons. The number of hydrogen-bond donors (Lipinski definition) is 3. The van der Waals surface area contributed by atoms with E-state index < -0.39 is 6.04 Å². The minimum atomic E-state index is -0.591. The number of benzene rings is 1. The summed E-state index contributed by atoms with van der Waals surface area (Å²) in [6.07, 6.45) is 0.711. The van der Waals surface area contributed by atoms with Crippen LogP contribution in [-0.4, -0.2) is 30.9 Å². The number of carbonyl (C=O) groups excluding carboxylic acids is 2. The Hall–Kier alpha value is -1.30. The molecule has 0 spiro atoms. The molecule has 0 aliphatic carbocycles. The minimum Gasteiger partial charge on any atom is -0.354 e. The summed E-state index contributed by atoms with van der Waals surface area (Å²) < 4.78 is 0. The van der Waals surface area contributed by atoms with Crippen molar-refractivity contribution in [1.29, 1.82) is 0 Å². The molecule has 0 saturated heterocycles. The number of hydrogen-bond acceptors (Lipinski definition) is 3. The molecule has 0 heterocycles. The first-order valence-electron chi connectivity index (χ1n) is 6.94. The van der Waals surface area contributed by atoms with Gasteiger partial charge in [0.05, 0.1) is 12.6 Å². The molecule has 7 heteroatoms. The van der Waals surface area contributed by atoms with Crippen molar-refractivity contribution in [3.8, 4) is 0 Å². The Morgan fingerprint density at radius 3 is 2.32 bits per heavy atom. The van der Waals surface area contributed by atoms with Crippen LogP contribution in [0.15, 0.2) is 24.3 Å². The maximum Gasteiger partial charge on any atom is 0.239 e. The molecule has 124 valence electrons. The summed E-state index contributed by atoms with van der Waals surface area (Å²) in [7, 11) is 0. The van der Waals surface area contributed by atoms with E-state index in [1.165, 1.54) is 0 Å². The van der Waals surface area contributed by atoms with Gasteiger partial charge in [-0.1, -0.05) is 37.6 Å². The number of halogens is 2. The third-order valence-corrected chi connectivity index (χ3v) is 3.35. The first-order valence-corrected chi connectivity index (χ1v) is 7.32. The zero-order valence-electron chi connectivity index (χ0n) is 12.8. The first-order chi connectivity index (χ1) is 9.90. The lowest BCUT2D eigenvalue weighted by Gasteiger charge is -2.15. The van der Waals surface area contributed by atoms with Crippen LogP contribution in [-0.2, 0) is 16.0 Å². The molecule has 0 fully saturated rings. The van der Waals surface area contributed by atoms with Crippen LogP contribution in [0.3, 0.4) is 0 Å². The zero-order chi connectivity index (χ0) is 15.8. The molecule has 0 saturated carbocycles. The van der Waals surface area contributed by atoms with Gasteiger partial charge in [-0.05, 0) is 30.0 Å². The summed E-state index contributed by atoms with van der Waals surface area (Å²) >= 11 is 5.79. The molecular formula is C15H23Cl2N3O2. The van der Waals surface area contributed by atoms with E-state index in [-0.39, 0.29) is 36.7 Å². The lowest BCUT2D eigenvalue weighted by molar-refractivity contribution is -0.127. The summed E-state index contributed by atoms with van der Waals surface area (Å²) in [6.45, 7) is 4.17. The zero-order valence-corrected chi connectivity index (χ0v) is 14.3. The molecule has 0 bridgehead atoms. The van der Waals surface area contributed by atoms with Gasteiger partial charge in [0.1, 0.15) is 0 Å². The number of rotatable bonds is 7. The van der Waals surface area contributed by atoms with Crippen molar-refractivity contribution in [2.45, 2.75) is 26.3 Å². The predicted molar refractivity (Wildman–Crippen MR) is 91.2 cm³/mol.